The summed E-state index contributed by atoms with van der Waals surface area (Å²) in [6.07, 6.45) is 0. The molecule has 17 heavy (non-hydrogen) atoms. The lowest BCUT2D eigenvalue weighted by Gasteiger charge is -2.10. The Morgan fingerprint density at radius 1 is 1.29 bits per heavy atom. The van der Waals surface area contributed by atoms with E-state index in [1.807, 2.05) is 13.0 Å². The zero-order valence-electron chi connectivity index (χ0n) is 9.11. The molecule has 2 rings (SSSR count). The van der Waals surface area contributed by atoms with Crippen LogP contribution in [0, 0.1) is 6.92 Å². The van der Waals surface area contributed by atoms with E-state index < -0.39 is 0 Å². The van der Waals surface area contributed by atoms with E-state index in [1.54, 1.807) is 12.1 Å². The maximum Gasteiger partial charge on any atom is 0.202 e. The first-order valence-electron chi connectivity index (χ1n) is 4.99. The van der Waals surface area contributed by atoms with Crippen molar-refractivity contribution in [3.8, 4) is 17.4 Å². The highest BCUT2D eigenvalue weighted by atomic mass is 79.9. The van der Waals surface area contributed by atoms with Crippen molar-refractivity contribution in [3.63, 3.8) is 0 Å². The zero-order valence-corrected chi connectivity index (χ0v) is 11.5. The van der Waals surface area contributed by atoms with Crippen LogP contribution in [0.5, 0.6) is 11.8 Å². The van der Waals surface area contributed by atoms with Gasteiger partial charge in [-0.05, 0) is 24.6 Å². The lowest BCUT2D eigenvalue weighted by molar-refractivity contribution is 0.401. The number of aromatic nitrogens is 1. The van der Waals surface area contributed by atoms with Crippen LogP contribution in [-0.4, -0.2) is 14.8 Å². The minimum Gasteiger partial charge on any atom is -0.494 e. The van der Waals surface area contributed by atoms with E-state index in [4.69, 9.17) is 11.6 Å². The molecule has 0 aliphatic rings. The highest BCUT2D eigenvalue weighted by molar-refractivity contribution is 9.08. The number of aromatic hydroxyl groups is 2. The van der Waals surface area contributed by atoms with Gasteiger partial charge in [0.25, 0.3) is 0 Å². The number of hydrogen-bond acceptors (Lipinski definition) is 2. The smallest absolute Gasteiger partial charge is 0.202 e. The number of hydrogen-bond donors (Lipinski definition) is 2. The summed E-state index contributed by atoms with van der Waals surface area (Å²) in [7, 11) is 0. The molecule has 0 radical (unpaired) electrons. The number of alkyl halides is 1. The van der Waals surface area contributed by atoms with Gasteiger partial charge >= 0.3 is 0 Å². The third-order valence-electron chi connectivity index (χ3n) is 2.59. The second-order valence-electron chi connectivity index (χ2n) is 3.75. The molecule has 3 nitrogen and oxygen atoms in total. The summed E-state index contributed by atoms with van der Waals surface area (Å²) < 4.78 is 1.37. The molecule has 0 unspecified atom stereocenters. The van der Waals surface area contributed by atoms with E-state index in [1.165, 1.54) is 10.6 Å². The summed E-state index contributed by atoms with van der Waals surface area (Å²) in [6, 6.07) is 6.83. The van der Waals surface area contributed by atoms with Crippen LogP contribution in [0.15, 0.2) is 24.3 Å². The molecule has 0 saturated carbocycles. The SMILES string of the molecule is Cc1ccc(Cl)cc1-n1c(O)cc(CBr)c1O. The van der Waals surface area contributed by atoms with Crippen LogP contribution in [0.3, 0.4) is 0 Å². The number of rotatable bonds is 2. The molecule has 1 aromatic carbocycles. The summed E-state index contributed by atoms with van der Waals surface area (Å²) in [5.41, 5.74) is 2.21. The van der Waals surface area contributed by atoms with E-state index in [0.29, 0.717) is 21.6 Å². The fraction of sp³-hybridized carbons (Fsp3) is 0.167. The molecule has 1 heterocycles. The maximum atomic E-state index is 10.0. The van der Waals surface area contributed by atoms with Crippen LogP contribution >= 0.6 is 27.5 Å². The van der Waals surface area contributed by atoms with Gasteiger partial charge < -0.3 is 10.2 Å². The largest absolute Gasteiger partial charge is 0.494 e. The summed E-state index contributed by atoms with van der Waals surface area (Å²) in [5.74, 6) is 0.00654. The van der Waals surface area contributed by atoms with Crippen molar-refractivity contribution >= 4 is 27.5 Å². The molecule has 0 aliphatic carbocycles. The van der Waals surface area contributed by atoms with Gasteiger partial charge in [0.05, 0.1) is 5.69 Å². The predicted octanol–water partition coefficient (Wildman–Crippen LogP) is 3.75. The first kappa shape index (κ1) is 12.3. The van der Waals surface area contributed by atoms with E-state index in [0.717, 1.165) is 5.56 Å². The third kappa shape index (κ3) is 2.15. The van der Waals surface area contributed by atoms with Crippen LogP contribution in [0.1, 0.15) is 11.1 Å². The topological polar surface area (TPSA) is 45.4 Å². The normalized spacial score (nSPS) is 10.8. The average molecular weight is 317 g/mol. The minimum atomic E-state index is -0.0117. The second-order valence-corrected chi connectivity index (χ2v) is 4.75. The maximum absolute atomic E-state index is 10.0. The van der Waals surface area contributed by atoms with Crippen LogP contribution in [0.4, 0.5) is 0 Å². The standard InChI is InChI=1S/C12H11BrClNO2/c1-7-2-3-9(14)5-10(7)15-11(16)4-8(6-13)12(15)17/h2-5,16-17H,6H2,1H3. The molecule has 0 atom stereocenters. The Morgan fingerprint density at radius 2 is 2.00 bits per heavy atom. The van der Waals surface area contributed by atoms with Gasteiger partial charge in [0.15, 0.2) is 5.88 Å². The molecule has 2 N–H and O–H groups in total. The molecule has 0 amide bonds. The Hall–Kier alpha value is -1.13. The number of benzene rings is 1. The molecule has 90 valence electrons. The summed E-state index contributed by atoms with van der Waals surface area (Å²) in [4.78, 5) is 0. The van der Waals surface area contributed by atoms with Gasteiger partial charge in [-0.3, -0.25) is 4.57 Å². The number of halogens is 2. The second kappa shape index (κ2) is 4.63. The highest BCUT2D eigenvalue weighted by Gasteiger charge is 2.16. The van der Waals surface area contributed by atoms with Crippen LogP contribution in [0.25, 0.3) is 5.69 Å². The Morgan fingerprint density at radius 3 is 2.59 bits per heavy atom. The fourth-order valence-corrected chi connectivity index (χ4v) is 2.28. The number of aryl methyl sites for hydroxylation is 1. The fourth-order valence-electron chi connectivity index (χ4n) is 1.70. The van der Waals surface area contributed by atoms with Crippen molar-refractivity contribution in [2.24, 2.45) is 0 Å². The molecule has 0 saturated heterocycles. The van der Waals surface area contributed by atoms with Gasteiger partial charge in [-0.2, -0.15) is 0 Å². The lowest BCUT2D eigenvalue weighted by atomic mass is 10.2. The lowest BCUT2D eigenvalue weighted by Crippen LogP contribution is -1.96. The number of nitrogens with zero attached hydrogens (tertiary/aromatic N) is 1. The van der Waals surface area contributed by atoms with Crippen LogP contribution < -0.4 is 0 Å². The monoisotopic (exact) mass is 315 g/mol. The van der Waals surface area contributed by atoms with Crippen molar-refractivity contribution in [3.05, 3.63) is 40.4 Å². The average Bonchev–Trinajstić information content (AvgIpc) is 2.58. The van der Waals surface area contributed by atoms with Crippen molar-refractivity contribution in [2.45, 2.75) is 12.3 Å². The first-order valence-corrected chi connectivity index (χ1v) is 6.49. The van der Waals surface area contributed by atoms with Gasteiger partial charge in [-0.25, -0.2) is 0 Å². The summed E-state index contributed by atoms with van der Waals surface area (Å²) in [5, 5.41) is 20.9. The van der Waals surface area contributed by atoms with E-state index >= 15 is 0 Å². The predicted molar refractivity (Wildman–Crippen MR) is 71.5 cm³/mol. The summed E-state index contributed by atoms with van der Waals surface area (Å²) >= 11 is 9.18. The molecular formula is C12H11BrClNO2. The first-order chi connectivity index (χ1) is 8.04. The van der Waals surface area contributed by atoms with Gasteiger partial charge in [-0.1, -0.05) is 33.6 Å². The Balaban J connectivity index is 2.68. The molecule has 0 aliphatic heterocycles. The Bertz CT molecular complexity index is 566. The minimum absolute atomic E-state index is 0.0117. The quantitative estimate of drug-likeness (QED) is 0.829. The zero-order chi connectivity index (χ0) is 12.6. The molecule has 5 heteroatoms. The van der Waals surface area contributed by atoms with Gasteiger partial charge in [0, 0.05) is 22.0 Å². The molecule has 1 aromatic heterocycles. The van der Waals surface area contributed by atoms with Gasteiger partial charge in [0.2, 0.25) is 5.88 Å². The molecule has 0 bridgehead atoms. The van der Waals surface area contributed by atoms with Crippen LogP contribution in [-0.2, 0) is 5.33 Å². The van der Waals surface area contributed by atoms with Crippen molar-refractivity contribution in [2.75, 3.05) is 0 Å². The van der Waals surface area contributed by atoms with Crippen molar-refractivity contribution in [1.29, 1.82) is 0 Å². The Kier molecular flexibility index (Phi) is 3.35. The van der Waals surface area contributed by atoms with E-state index in [-0.39, 0.29) is 11.8 Å². The highest BCUT2D eigenvalue weighted by Crippen LogP contribution is 2.34. The summed E-state index contributed by atoms with van der Waals surface area (Å²) in [6.45, 7) is 1.89. The van der Waals surface area contributed by atoms with Crippen molar-refractivity contribution < 1.29 is 10.2 Å². The van der Waals surface area contributed by atoms with Gasteiger partial charge in [0.1, 0.15) is 0 Å². The van der Waals surface area contributed by atoms with Gasteiger partial charge in [-0.15, -0.1) is 0 Å². The van der Waals surface area contributed by atoms with Crippen LogP contribution in [0.2, 0.25) is 5.02 Å². The molecule has 2 aromatic rings. The molecule has 0 fully saturated rings. The van der Waals surface area contributed by atoms with Crippen molar-refractivity contribution in [1.82, 2.24) is 4.57 Å². The Labute approximate surface area is 112 Å². The van der Waals surface area contributed by atoms with E-state index in [2.05, 4.69) is 15.9 Å². The third-order valence-corrected chi connectivity index (χ3v) is 3.43. The molecule has 0 spiro atoms. The molecular weight excluding hydrogens is 305 g/mol. The van der Waals surface area contributed by atoms with E-state index in [9.17, 15) is 10.2 Å².